The van der Waals surface area contributed by atoms with Gasteiger partial charge in [0.05, 0.1) is 50.8 Å². The molecule has 0 unspecified atom stereocenters. The summed E-state index contributed by atoms with van der Waals surface area (Å²) in [5.74, 6) is 9.40. The molecule has 0 aliphatic rings. The lowest BCUT2D eigenvalue weighted by Crippen LogP contribution is -2.28. The minimum Gasteiger partial charge on any atom is -0.478 e. The number of hydrogen-bond acceptors (Lipinski definition) is 10. The minimum absolute atomic E-state index is 0.0384. The van der Waals surface area contributed by atoms with Gasteiger partial charge in [0.1, 0.15) is 0 Å². The van der Waals surface area contributed by atoms with Crippen LogP contribution in [0.3, 0.4) is 0 Å². The molecule has 0 saturated heterocycles. The Labute approximate surface area is 256 Å². The van der Waals surface area contributed by atoms with Crippen LogP contribution in [0.4, 0.5) is 37.7 Å². The van der Waals surface area contributed by atoms with Crippen molar-refractivity contribution in [1.82, 2.24) is 10.3 Å². The number of nitrogens with zero attached hydrogens (tertiary/aromatic N) is 3. The second kappa shape index (κ2) is 13.6. The predicted octanol–water partition coefficient (Wildman–Crippen LogP) is 3.65. The van der Waals surface area contributed by atoms with Crippen LogP contribution >= 0.6 is 0 Å². The van der Waals surface area contributed by atoms with E-state index in [0.717, 1.165) is 35.6 Å². The number of benzene rings is 2. The Morgan fingerprint density at radius 2 is 1.33 bits per heavy atom. The molecule has 2 aromatic carbocycles. The van der Waals surface area contributed by atoms with Crippen LogP contribution in [0.1, 0.15) is 60.5 Å². The fraction of sp³-hybridized carbons (Fsp3) is 0.143. The van der Waals surface area contributed by atoms with Gasteiger partial charge in [-0.3, -0.25) is 19.6 Å². The van der Waals surface area contributed by atoms with Crippen LogP contribution in [0.15, 0.2) is 60.9 Å². The van der Waals surface area contributed by atoms with Gasteiger partial charge in [-0.05, 0) is 55.5 Å². The first-order valence-corrected chi connectivity index (χ1v) is 12.8. The van der Waals surface area contributed by atoms with Crippen molar-refractivity contribution in [3.63, 3.8) is 0 Å². The molecule has 1 heterocycles. The molecule has 0 spiro atoms. The van der Waals surface area contributed by atoms with Crippen molar-refractivity contribution < 1.29 is 45.8 Å². The topological polar surface area (TPSA) is 207 Å². The highest BCUT2D eigenvalue weighted by Crippen LogP contribution is 2.35. The zero-order valence-corrected chi connectivity index (χ0v) is 23.6. The summed E-state index contributed by atoms with van der Waals surface area (Å²) in [6.45, 7) is 1.85. The average molecular weight is 653 g/mol. The van der Waals surface area contributed by atoms with Gasteiger partial charge >= 0.3 is 18.3 Å². The lowest BCUT2D eigenvalue weighted by Gasteiger charge is -2.19. The standard InChI is InChI=1S/C28H26F6N8O4/c1-2-39-25(44)15-7-23(21(35)11-41(37)16-4-3-14(13-43)19(9-16)27(29,30)31)40-24(8-15)22(36)12-42(38)17-5-6-18(26(45)46)20(10-17)28(32,33)34/h3-13H,2,35-38H2,1H3,(H,39,44)(H,45,46)/b21-11-,22-12-. The number of carbonyl (C=O) groups is 3. The Kier molecular flexibility index (Phi) is 10.3. The first-order chi connectivity index (χ1) is 21.4. The number of pyridine rings is 1. The van der Waals surface area contributed by atoms with Crippen LogP contribution in [0, 0.1) is 0 Å². The molecule has 3 aromatic rings. The van der Waals surface area contributed by atoms with Gasteiger partial charge in [-0.25, -0.2) is 21.5 Å². The maximum Gasteiger partial charge on any atom is 0.417 e. The minimum atomic E-state index is -5.02. The van der Waals surface area contributed by atoms with Gasteiger partial charge in [0.15, 0.2) is 6.29 Å². The Morgan fingerprint density at radius 3 is 1.76 bits per heavy atom. The SMILES string of the molecule is CCNC(=O)c1cc(/C(N)=C/N(N)c2ccc(C=O)c(C(F)(F)F)c2)nc(/C(N)=C/N(N)c2ccc(C(=O)O)c(C(F)(F)F)c2)c1. The number of alkyl halides is 6. The number of carboxylic acids is 1. The van der Waals surface area contributed by atoms with Gasteiger partial charge in [0.2, 0.25) is 0 Å². The van der Waals surface area contributed by atoms with E-state index in [2.05, 4.69) is 10.3 Å². The first kappa shape index (κ1) is 34.9. The van der Waals surface area contributed by atoms with E-state index in [1.165, 1.54) is 12.1 Å². The first-order valence-electron chi connectivity index (χ1n) is 12.8. The third kappa shape index (κ3) is 8.10. The number of nitrogens with two attached hydrogens (primary N) is 4. The van der Waals surface area contributed by atoms with Gasteiger partial charge in [-0.1, -0.05) is 0 Å². The van der Waals surface area contributed by atoms with Gasteiger partial charge < -0.3 is 21.9 Å². The molecule has 1 aromatic heterocycles. The monoisotopic (exact) mass is 652 g/mol. The number of anilines is 2. The van der Waals surface area contributed by atoms with Gasteiger partial charge in [0, 0.05) is 30.1 Å². The van der Waals surface area contributed by atoms with Crippen LogP contribution < -0.4 is 38.5 Å². The summed E-state index contributed by atoms with van der Waals surface area (Å²) < 4.78 is 80.7. The number of carboxylic acid groups (broad SMARTS) is 1. The molecule has 10 N–H and O–H groups in total. The van der Waals surface area contributed by atoms with Gasteiger partial charge in [-0.2, -0.15) is 26.3 Å². The molecule has 3 rings (SSSR count). The van der Waals surface area contributed by atoms with Crippen molar-refractivity contribution in [3.05, 3.63) is 100 Å². The van der Waals surface area contributed by atoms with E-state index in [4.69, 9.17) is 28.3 Å². The van der Waals surface area contributed by atoms with E-state index in [9.17, 15) is 40.7 Å². The summed E-state index contributed by atoms with van der Waals surface area (Å²) >= 11 is 0. The number of halogens is 6. The highest BCUT2D eigenvalue weighted by molar-refractivity contribution is 5.95. The van der Waals surface area contributed by atoms with Crippen LogP contribution in [-0.2, 0) is 12.4 Å². The smallest absolute Gasteiger partial charge is 0.417 e. The second-order valence-corrected chi connectivity index (χ2v) is 9.39. The molecule has 0 radical (unpaired) electrons. The average Bonchev–Trinajstić information content (AvgIpc) is 2.99. The molecular weight excluding hydrogens is 626 g/mol. The fourth-order valence-corrected chi connectivity index (χ4v) is 3.97. The maximum absolute atomic E-state index is 13.5. The number of hydrazine groups is 2. The zero-order valence-electron chi connectivity index (χ0n) is 23.6. The van der Waals surface area contributed by atoms with E-state index in [1.807, 2.05) is 0 Å². The Bertz CT molecular complexity index is 1720. The van der Waals surface area contributed by atoms with Crippen molar-refractivity contribution in [2.75, 3.05) is 16.6 Å². The fourth-order valence-electron chi connectivity index (χ4n) is 3.97. The number of hydrogen-bond donors (Lipinski definition) is 6. The molecule has 0 atom stereocenters. The summed E-state index contributed by atoms with van der Waals surface area (Å²) in [4.78, 5) is 39.2. The third-order valence-electron chi connectivity index (χ3n) is 6.18. The number of aldehydes is 1. The lowest BCUT2D eigenvalue weighted by molar-refractivity contribution is -0.138. The molecule has 0 fully saturated rings. The molecule has 244 valence electrons. The van der Waals surface area contributed by atoms with Gasteiger partial charge in [-0.15, -0.1) is 0 Å². The zero-order chi connectivity index (χ0) is 34.6. The highest BCUT2D eigenvalue weighted by Gasteiger charge is 2.36. The van der Waals surface area contributed by atoms with E-state index in [0.29, 0.717) is 23.2 Å². The number of rotatable bonds is 10. The van der Waals surface area contributed by atoms with E-state index in [1.54, 1.807) is 6.92 Å². The predicted molar refractivity (Wildman–Crippen MR) is 155 cm³/mol. The summed E-state index contributed by atoms with van der Waals surface area (Å²) in [6, 6.07) is 7.33. The molecule has 0 bridgehead atoms. The number of carbonyl (C=O) groups excluding carboxylic acids is 2. The summed E-state index contributed by atoms with van der Waals surface area (Å²) in [5, 5.41) is 13.0. The van der Waals surface area contributed by atoms with Crippen LogP contribution in [-0.4, -0.2) is 34.8 Å². The van der Waals surface area contributed by atoms with Gasteiger partial charge in [0.25, 0.3) is 5.91 Å². The Hall–Kier alpha value is -5.62. The molecule has 0 aliphatic carbocycles. The molecule has 0 saturated carbocycles. The van der Waals surface area contributed by atoms with E-state index >= 15 is 0 Å². The molecule has 0 aliphatic heterocycles. The number of amides is 1. The number of nitrogens with one attached hydrogen (secondary N) is 1. The normalized spacial score (nSPS) is 12.5. The van der Waals surface area contributed by atoms with E-state index in [-0.39, 0.29) is 52.6 Å². The summed E-state index contributed by atoms with van der Waals surface area (Å²) in [7, 11) is 0. The molecule has 18 heteroatoms. The summed E-state index contributed by atoms with van der Waals surface area (Å²) in [6.07, 6.45) is -7.92. The van der Waals surface area contributed by atoms with Crippen molar-refractivity contribution in [3.8, 4) is 0 Å². The highest BCUT2D eigenvalue weighted by atomic mass is 19.4. The van der Waals surface area contributed by atoms with Crippen molar-refractivity contribution in [1.29, 1.82) is 0 Å². The number of aromatic carboxylic acids is 1. The maximum atomic E-state index is 13.5. The third-order valence-corrected chi connectivity index (χ3v) is 6.18. The quantitative estimate of drug-likeness (QED) is 0.0806. The van der Waals surface area contributed by atoms with Crippen LogP contribution in [0.25, 0.3) is 11.4 Å². The van der Waals surface area contributed by atoms with Crippen molar-refractivity contribution in [2.45, 2.75) is 19.3 Å². The van der Waals surface area contributed by atoms with Crippen LogP contribution in [0.2, 0.25) is 0 Å². The van der Waals surface area contributed by atoms with E-state index < -0.39 is 46.5 Å². The molecule has 46 heavy (non-hydrogen) atoms. The molecule has 1 amide bonds. The largest absolute Gasteiger partial charge is 0.478 e. The molecular formula is C28H26F6N8O4. The number of aromatic nitrogens is 1. The summed E-state index contributed by atoms with van der Waals surface area (Å²) in [5.41, 5.74) is 6.51. The Morgan fingerprint density at radius 1 is 0.848 bits per heavy atom. The van der Waals surface area contributed by atoms with Crippen molar-refractivity contribution >= 4 is 40.9 Å². The second-order valence-electron chi connectivity index (χ2n) is 9.39. The van der Waals surface area contributed by atoms with Crippen LogP contribution in [0.5, 0.6) is 0 Å². The molecule has 12 nitrogen and oxygen atoms in total. The lowest BCUT2D eigenvalue weighted by atomic mass is 10.1. The van der Waals surface area contributed by atoms with Crippen molar-refractivity contribution in [2.24, 2.45) is 23.2 Å². The Balaban J connectivity index is 2.06.